The van der Waals surface area contributed by atoms with Crippen LogP contribution in [0.1, 0.15) is 11.1 Å². The predicted molar refractivity (Wildman–Crippen MR) is 83.4 cm³/mol. The molecule has 2 aromatic rings. The molecule has 0 spiro atoms. The highest BCUT2D eigenvalue weighted by Crippen LogP contribution is 2.12. The quantitative estimate of drug-likeness (QED) is 0.842. The van der Waals surface area contributed by atoms with E-state index in [1.807, 2.05) is 43.4 Å². The summed E-state index contributed by atoms with van der Waals surface area (Å²) in [6.07, 6.45) is 4.84. The van der Waals surface area contributed by atoms with E-state index in [1.165, 1.54) is 5.56 Å². The van der Waals surface area contributed by atoms with Gasteiger partial charge in [0.05, 0.1) is 6.42 Å². The average Bonchev–Trinajstić information content (AvgIpc) is 2.46. The number of nitrogens with zero attached hydrogens (tertiary/aromatic N) is 2. The second kappa shape index (κ2) is 7.20. The largest absolute Gasteiger partial charge is 0.345 e. The molecule has 0 aliphatic heterocycles. The lowest BCUT2D eigenvalue weighted by Gasteiger charge is -2.17. The first kappa shape index (κ1) is 14.7. The molecular formula is C16H17BrN2O. The molecule has 104 valence electrons. The Labute approximate surface area is 127 Å². The summed E-state index contributed by atoms with van der Waals surface area (Å²) >= 11 is 3.42. The lowest BCUT2D eigenvalue weighted by atomic mass is 10.1. The Morgan fingerprint density at radius 2 is 1.95 bits per heavy atom. The van der Waals surface area contributed by atoms with Crippen LogP contribution in [-0.2, 0) is 17.6 Å². The number of aromatic nitrogens is 1. The fourth-order valence-electron chi connectivity index (χ4n) is 1.93. The van der Waals surface area contributed by atoms with Gasteiger partial charge in [0, 0.05) is 30.5 Å². The lowest BCUT2D eigenvalue weighted by molar-refractivity contribution is -0.129. The second-order valence-corrected chi connectivity index (χ2v) is 5.64. The smallest absolute Gasteiger partial charge is 0.226 e. The normalized spacial score (nSPS) is 10.3. The van der Waals surface area contributed by atoms with Gasteiger partial charge in [0.15, 0.2) is 0 Å². The van der Waals surface area contributed by atoms with E-state index in [0.717, 1.165) is 23.0 Å². The van der Waals surface area contributed by atoms with E-state index in [0.29, 0.717) is 6.42 Å². The third-order valence-electron chi connectivity index (χ3n) is 3.16. The number of likely N-dealkylation sites (N-methyl/N-ethyl adjacent to an activating group) is 1. The van der Waals surface area contributed by atoms with Crippen LogP contribution in [0, 0.1) is 0 Å². The molecule has 0 radical (unpaired) electrons. The van der Waals surface area contributed by atoms with Gasteiger partial charge >= 0.3 is 0 Å². The highest BCUT2D eigenvalue weighted by atomic mass is 79.9. The molecule has 1 aromatic heterocycles. The van der Waals surface area contributed by atoms with Gasteiger partial charge < -0.3 is 4.90 Å². The minimum atomic E-state index is 0.136. The van der Waals surface area contributed by atoms with Crippen LogP contribution in [-0.4, -0.2) is 29.4 Å². The zero-order valence-electron chi connectivity index (χ0n) is 11.4. The Balaban J connectivity index is 1.86. The maximum absolute atomic E-state index is 12.1. The number of benzene rings is 1. The Morgan fingerprint density at radius 3 is 2.65 bits per heavy atom. The lowest BCUT2D eigenvalue weighted by Crippen LogP contribution is -2.30. The van der Waals surface area contributed by atoms with Crippen molar-refractivity contribution in [3.8, 4) is 0 Å². The maximum atomic E-state index is 12.1. The van der Waals surface area contributed by atoms with Gasteiger partial charge in [-0.25, -0.2) is 0 Å². The molecule has 0 fully saturated rings. The molecule has 4 heteroatoms. The van der Waals surface area contributed by atoms with Crippen molar-refractivity contribution in [3.63, 3.8) is 0 Å². The van der Waals surface area contributed by atoms with Crippen LogP contribution in [0.15, 0.2) is 53.3 Å². The highest BCUT2D eigenvalue weighted by Gasteiger charge is 2.09. The van der Waals surface area contributed by atoms with Crippen molar-refractivity contribution >= 4 is 21.8 Å². The second-order valence-electron chi connectivity index (χ2n) is 4.73. The minimum Gasteiger partial charge on any atom is -0.345 e. The number of amides is 1. The molecule has 0 N–H and O–H groups in total. The van der Waals surface area contributed by atoms with Gasteiger partial charge in [0.2, 0.25) is 5.91 Å². The van der Waals surface area contributed by atoms with Crippen molar-refractivity contribution in [3.05, 3.63) is 64.4 Å². The molecule has 0 atom stereocenters. The summed E-state index contributed by atoms with van der Waals surface area (Å²) in [5, 5.41) is 0. The van der Waals surface area contributed by atoms with Crippen LogP contribution in [0.5, 0.6) is 0 Å². The summed E-state index contributed by atoms with van der Waals surface area (Å²) in [5.74, 6) is 0.136. The summed E-state index contributed by atoms with van der Waals surface area (Å²) in [7, 11) is 1.85. The van der Waals surface area contributed by atoms with Gasteiger partial charge in [0.25, 0.3) is 0 Å². The Bertz CT molecular complexity index is 572. The predicted octanol–water partition coefficient (Wildman–Crippen LogP) is 3.09. The number of pyridine rings is 1. The van der Waals surface area contributed by atoms with Gasteiger partial charge in [-0.15, -0.1) is 0 Å². The summed E-state index contributed by atoms with van der Waals surface area (Å²) in [6, 6.07) is 11.8. The molecule has 0 bridgehead atoms. The molecular weight excluding hydrogens is 316 g/mol. The van der Waals surface area contributed by atoms with Crippen LogP contribution in [0.25, 0.3) is 0 Å². The Hall–Kier alpha value is -1.68. The molecule has 0 saturated carbocycles. The van der Waals surface area contributed by atoms with Gasteiger partial charge in [-0.1, -0.05) is 28.1 Å². The van der Waals surface area contributed by atoms with Crippen molar-refractivity contribution in [2.24, 2.45) is 0 Å². The zero-order chi connectivity index (χ0) is 14.4. The standard InChI is InChI=1S/C16H17BrN2O/c1-19(10-7-13-5-8-18-9-6-13)16(20)12-14-3-2-4-15(17)11-14/h2-6,8-9,11H,7,10,12H2,1H3. The van der Waals surface area contributed by atoms with Crippen molar-refractivity contribution in [1.82, 2.24) is 9.88 Å². The number of rotatable bonds is 5. The fraction of sp³-hybridized carbons (Fsp3) is 0.250. The van der Waals surface area contributed by atoms with Crippen molar-refractivity contribution in [2.45, 2.75) is 12.8 Å². The minimum absolute atomic E-state index is 0.136. The summed E-state index contributed by atoms with van der Waals surface area (Å²) in [6.45, 7) is 0.719. The molecule has 1 amide bonds. The van der Waals surface area contributed by atoms with Crippen LogP contribution >= 0.6 is 15.9 Å². The number of halogens is 1. The van der Waals surface area contributed by atoms with E-state index in [1.54, 1.807) is 17.3 Å². The SMILES string of the molecule is CN(CCc1ccncc1)C(=O)Cc1cccc(Br)c1. The zero-order valence-corrected chi connectivity index (χ0v) is 13.0. The highest BCUT2D eigenvalue weighted by molar-refractivity contribution is 9.10. The summed E-state index contributed by atoms with van der Waals surface area (Å²) in [4.78, 5) is 17.9. The van der Waals surface area contributed by atoms with Crippen molar-refractivity contribution < 1.29 is 4.79 Å². The molecule has 2 rings (SSSR count). The van der Waals surface area contributed by atoms with Crippen LogP contribution in [0.3, 0.4) is 0 Å². The first-order valence-corrected chi connectivity index (χ1v) is 7.32. The maximum Gasteiger partial charge on any atom is 0.226 e. The molecule has 0 unspecified atom stereocenters. The molecule has 0 aliphatic rings. The first-order valence-electron chi connectivity index (χ1n) is 6.52. The van der Waals surface area contributed by atoms with E-state index < -0.39 is 0 Å². The van der Waals surface area contributed by atoms with Crippen LogP contribution in [0.4, 0.5) is 0 Å². The third kappa shape index (κ3) is 4.46. The molecule has 0 saturated heterocycles. The van der Waals surface area contributed by atoms with Gasteiger partial charge in [-0.3, -0.25) is 9.78 Å². The van der Waals surface area contributed by atoms with E-state index in [2.05, 4.69) is 20.9 Å². The van der Waals surface area contributed by atoms with Gasteiger partial charge in [-0.2, -0.15) is 0 Å². The van der Waals surface area contributed by atoms with Crippen molar-refractivity contribution in [1.29, 1.82) is 0 Å². The van der Waals surface area contributed by atoms with E-state index >= 15 is 0 Å². The van der Waals surface area contributed by atoms with Crippen molar-refractivity contribution in [2.75, 3.05) is 13.6 Å². The van der Waals surface area contributed by atoms with Crippen LogP contribution < -0.4 is 0 Å². The average molecular weight is 333 g/mol. The molecule has 20 heavy (non-hydrogen) atoms. The number of carbonyl (C=O) groups excluding carboxylic acids is 1. The van der Waals surface area contributed by atoms with E-state index in [9.17, 15) is 4.79 Å². The topological polar surface area (TPSA) is 33.2 Å². The van der Waals surface area contributed by atoms with Crippen LogP contribution in [0.2, 0.25) is 0 Å². The number of hydrogen-bond donors (Lipinski definition) is 0. The van der Waals surface area contributed by atoms with E-state index in [4.69, 9.17) is 0 Å². The Morgan fingerprint density at radius 1 is 1.20 bits per heavy atom. The first-order chi connectivity index (χ1) is 9.65. The molecule has 1 aromatic carbocycles. The van der Waals surface area contributed by atoms with Gasteiger partial charge in [0.1, 0.15) is 0 Å². The fourth-order valence-corrected chi connectivity index (χ4v) is 2.37. The third-order valence-corrected chi connectivity index (χ3v) is 3.65. The summed E-state index contributed by atoms with van der Waals surface area (Å²) in [5.41, 5.74) is 2.22. The Kier molecular flexibility index (Phi) is 5.30. The molecule has 3 nitrogen and oxygen atoms in total. The molecule has 1 heterocycles. The number of carbonyl (C=O) groups is 1. The monoisotopic (exact) mass is 332 g/mol. The van der Waals surface area contributed by atoms with E-state index in [-0.39, 0.29) is 5.91 Å². The number of hydrogen-bond acceptors (Lipinski definition) is 2. The van der Waals surface area contributed by atoms with Gasteiger partial charge in [-0.05, 0) is 41.8 Å². The summed E-state index contributed by atoms with van der Waals surface area (Å²) < 4.78 is 1.00. The molecule has 0 aliphatic carbocycles.